The van der Waals surface area contributed by atoms with E-state index in [9.17, 15) is 8.42 Å². The van der Waals surface area contributed by atoms with E-state index < -0.39 is 10.0 Å². The molecule has 1 fully saturated rings. The van der Waals surface area contributed by atoms with Crippen LogP contribution in [0.15, 0.2) is 26.0 Å². The lowest BCUT2D eigenvalue weighted by Crippen LogP contribution is -2.41. The minimum absolute atomic E-state index is 0.257. The molecule has 118 valence electrons. The molecule has 21 heavy (non-hydrogen) atoms. The fourth-order valence-electron chi connectivity index (χ4n) is 2.52. The molecule has 1 aliphatic rings. The van der Waals surface area contributed by atoms with Gasteiger partial charge in [-0.3, -0.25) is 0 Å². The Kier molecular flexibility index (Phi) is 5.87. The van der Waals surface area contributed by atoms with Crippen LogP contribution in [0.25, 0.3) is 0 Å². The summed E-state index contributed by atoms with van der Waals surface area (Å²) in [5.74, 6) is 0. The van der Waals surface area contributed by atoms with Gasteiger partial charge in [0.1, 0.15) is 0 Å². The maximum atomic E-state index is 12.9. The molecule has 0 aliphatic carbocycles. The maximum Gasteiger partial charge on any atom is 0.244 e. The molecule has 7 heteroatoms. The number of aryl methyl sites for hydroxylation is 1. The van der Waals surface area contributed by atoms with Gasteiger partial charge in [0.2, 0.25) is 10.0 Å². The molecule has 1 saturated heterocycles. The Morgan fingerprint density at radius 1 is 1.33 bits per heavy atom. The number of rotatable bonds is 5. The van der Waals surface area contributed by atoms with Gasteiger partial charge < -0.3 is 5.32 Å². The molecule has 1 aromatic carbocycles. The first kappa shape index (κ1) is 17.4. The number of benzene rings is 1. The van der Waals surface area contributed by atoms with Crippen LogP contribution >= 0.6 is 31.9 Å². The quantitative estimate of drug-likeness (QED) is 0.765. The topological polar surface area (TPSA) is 49.4 Å². The van der Waals surface area contributed by atoms with Crippen LogP contribution in [0, 0.1) is 6.92 Å². The molecular weight excluding hydrogens is 420 g/mol. The van der Waals surface area contributed by atoms with Crippen LogP contribution in [0.4, 0.5) is 0 Å². The SMILES string of the molecule is CCN(CC1CCCN1)S(=O)(=O)c1cc(Br)c(C)cc1Br. The maximum absolute atomic E-state index is 12.9. The zero-order valence-corrected chi connectivity index (χ0v) is 16.2. The molecule has 1 unspecified atom stereocenters. The zero-order chi connectivity index (χ0) is 15.6. The molecule has 0 amide bonds. The van der Waals surface area contributed by atoms with E-state index in [0.717, 1.165) is 29.4 Å². The largest absolute Gasteiger partial charge is 0.313 e. The van der Waals surface area contributed by atoms with Crippen LogP contribution in [-0.4, -0.2) is 38.4 Å². The van der Waals surface area contributed by atoms with E-state index in [1.165, 1.54) is 0 Å². The van der Waals surface area contributed by atoms with Crippen molar-refractivity contribution in [2.24, 2.45) is 0 Å². The highest BCUT2D eigenvalue weighted by atomic mass is 79.9. The Hall–Kier alpha value is 0.0500. The van der Waals surface area contributed by atoms with Crippen LogP contribution in [0.3, 0.4) is 0 Å². The van der Waals surface area contributed by atoms with Crippen LogP contribution in [-0.2, 0) is 10.0 Å². The van der Waals surface area contributed by atoms with E-state index in [2.05, 4.69) is 37.2 Å². The highest BCUT2D eigenvalue weighted by molar-refractivity contribution is 9.11. The first-order chi connectivity index (χ1) is 9.86. The van der Waals surface area contributed by atoms with Crippen molar-refractivity contribution in [2.45, 2.75) is 37.6 Å². The van der Waals surface area contributed by atoms with E-state index in [-0.39, 0.29) is 6.04 Å². The smallest absolute Gasteiger partial charge is 0.244 e. The molecule has 4 nitrogen and oxygen atoms in total. The standard InChI is InChI=1S/C14H20Br2N2O2S/c1-3-18(9-11-5-4-6-17-11)21(19,20)14-8-12(15)10(2)7-13(14)16/h7-8,11,17H,3-6,9H2,1-2H3. The summed E-state index contributed by atoms with van der Waals surface area (Å²) in [7, 11) is -3.49. The molecule has 0 radical (unpaired) electrons. The van der Waals surface area contributed by atoms with Gasteiger partial charge in [0.25, 0.3) is 0 Å². The summed E-state index contributed by atoms with van der Waals surface area (Å²) in [5, 5.41) is 3.35. The predicted molar refractivity (Wildman–Crippen MR) is 92.0 cm³/mol. The molecule has 1 atom stereocenters. The first-order valence-electron chi connectivity index (χ1n) is 7.05. The Balaban J connectivity index is 2.32. The predicted octanol–water partition coefficient (Wildman–Crippen LogP) is 3.28. The summed E-state index contributed by atoms with van der Waals surface area (Å²) in [4.78, 5) is 0.319. The monoisotopic (exact) mass is 438 g/mol. The lowest BCUT2D eigenvalue weighted by Gasteiger charge is -2.24. The number of nitrogens with zero attached hydrogens (tertiary/aromatic N) is 1. The number of likely N-dealkylation sites (N-methyl/N-ethyl adjacent to an activating group) is 1. The highest BCUT2D eigenvalue weighted by Gasteiger charge is 2.29. The zero-order valence-electron chi connectivity index (χ0n) is 12.2. The Morgan fingerprint density at radius 3 is 2.62 bits per heavy atom. The van der Waals surface area contributed by atoms with Crippen LogP contribution in [0.2, 0.25) is 0 Å². The van der Waals surface area contributed by atoms with E-state index in [0.29, 0.717) is 22.5 Å². The van der Waals surface area contributed by atoms with Gasteiger partial charge in [-0.25, -0.2) is 8.42 Å². The van der Waals surface area contributed by atoms with Crippen molar-refractivity contribution >= 4 is 41.9 Å². The number of hydrogen-bond donors (Lipinski definition) is 1. The number of nitrogens with one attached hydrogen (secondary N) is 1. The Labute approximate surface area is 143 Å². The van der Waals surface area contributed by atoms with Crippen molar-refractivity contribution in [1.82, 2.24) is 9.62 Å². The van der Waals surface area contributed by atoms with Gasteiger partial charge in [-0.05, 0) is 59.9 Å². The Morgan fingerprint density at radius 2 is 2.05 bits per heavy atom. The molecule has 2 rings (SSSR count). The molecule has 0 spiro atoms. The third-order valence-electron chi connectivity index (χ3n) is 3.77. The average molecular weight is 440 g/mol. The van der Waals surface area contributed by atoms with Crippen molar-refractivity contribution in [2.75, 3.05) is 19.6 Å². The fourth-order valence-corrected chi connectivity index (χ4v) is 5.65. The molecule has 0 aromatic heterocycles. The summed E-state index contributed by atoms with van der Waals surface area (Å²) >= 11 is 6.80. The van der Waals surface area contributed by atoms with Crippen molar-refractivity contribution in [3.8, 4) is 0 Å². The van der Waals surface area contributed by atoms with Crippen molar-refractivity contribution in [3.05, 3.63) is 26.6 Å². The summed E-state index contributed by atoms with van der Waals surface area (Å²) in [6, 6.07) is 3.77. The second-order valence-electron chi connectivity index (χ2n) is 5.28. The molecule has 0 bridgehead atoms. The van der Waals surface area contributed by atoms with Crippen LogP contribution < -0.4 is 5.32 Å². The summed E-state index contributed by atoms with van der Waals surface area (Å²) in [6.07, 6.45) is 2.15. The van der Waals surface area contributed by atoms with Crippen molar-refractivity contribution < 1.29 is 8.42 Å². The molecule has 1 N–H and O–H groups in total. The fraction of sp³-hybridized carbons (Fsp3) is 0.571. The highest BCUT2D eigenvalue weighted by Crippen LogP contribution is 2.31. The normalized spacial score (nSPS) is 19.4. The second-order valence-corrected chi connectivity index (χ2v) is 8.90. The van der Waals surface area contributed by atoms with E-state index in [1.54, 1.807) is 10.4 Å². The molecule has 0 saturated carbocycles. The van der Waals surface area contributed by atoms with Gasteiger partial charge in [0.15, 0.2) is 0 Å². The van der Waals surface area contributed by atoms with Gasteiger partial charge >= 0.3 is 0 Å². The Bertz CT molecular complexity index is 614. The van der Waals surface area contributed by atoms with Crippen molar-refractivity contribution in [1.29, 1.82) is 0 Å². The van der Waals surface area contributed by atoms with Crippen LogP contribution in [0.5, 0.6) is 0 Å². The molecular formula is C14H20Br2N2O2S. The van der Waals surface area contributed by atoms with Gasteiger partial charge in [0.05, 0.1) is 4.90 Å². The summed E-state index contributed by atoms with van der Waals surface area (Å²) in [5.41, 5.74) is 1.00. The first-order valence-corrected chi connectivity index (χ1v) is 10.1. The van der Waals surface area contributed by atoms with Gasteiger partial charge in [-0.2, -0.15) is 4.31 Å². The third kappa shape index (κ3) is 3.88. The number of hydrogen-bond acceptors (Lipinski definition) is 3. The van der Waals surface area contributed by atoms with E-state index in [4.69, 9.17) is 0 Å². The summed E-state index contributed by atoms with van der Waals surface area (Å²) < 4.78 is 28.7. The molecule has 1 aliphatic heterocycles. The van der Waals surface area contributed by atoms with Gasteiger partial charge in [-0.1, -0.05) is 22.9 Å². The minimum Gasteiger partial charge on any atom is -0.313 e. The lowest BCUT2D eigenvalue weighted by atomic mass is 10.2. The lowest BCUT2D eigenvalue weighted by molar-refractivity contribution is 0.382. The summed E-state index contributed by atoms with van der Waals surface area (Å²) in [6.45, 7) is 5.78. The van der Waals surface area contributed by atoms with Crippen molar-refractivity contribution in [3.63, 3.8) is 0 Å². The minimum atomic E-state index is -3.49. The molecule has 1 aromatic rings. The number of sulfonamides is 1. The van der Waals surface area contributed by atoms with Gasteiger partial charge in [0, 0.05) is 28.1 Å². The van der Waals surface area contributed by atoms with Crippen LogP contribution in [0.1, 0.15) is 25.3 Å². The van der Waals surface area contributed by atoms with Gasteiger partial charge in [-0.15, -0.1) is 0 Å². The van der Waals surface area contributed by atoms with E-state index >= 15 is 0 Å². The number of halogens is 2. The second kappa shape index (κ2) is 7.08. The van der Waals surface area contributed by atoms with E-state index in [1.807, 2.05) is 19.9 Å². The molecule has 1 heterocycles. The third-order valence-corrected chi connectivity index (χ3v) is 7.52. The average Bonchev–Trinajstić information content (AvgIpc) is 2.92.